The lowest BCUT2D eigenvalue weighted by Gasteiger charge is -2.12. The van der Waals surface area contributed by atoms with Gasteiger partial charge in [-0.15, -0.1) is 0 Å². The van der Waals surface area contributed by atoms with Gasteiger partial charge in [0.15, 0.2) is 0 Å². The van der Waals surface area contributed by atoms with E-state index in [-0.39, 0.29) is 5.82 Å². The lowest BCUT2D eigenvalue weighted by molar-refractivity contribution is 0.446. The molecule has 0 amide bonds. The van der Waals surface area contributed by atoms with Gasteiger partial charge < -0.3 is 10.1 Å². The Hall–Kier alpha value is -1.17. The SMILES string of the molecule is CCCNCc1cc(F)cnc1Oc1ccc(Cl)cc1Br. The van der Waals surface area contributed by atoms with E-state index in [0.717, 1.165) is 19.2 Å². The summed E-state index contributed by atoms with van der Waals surface area (Å²) in [5.41, 5.74) is 0.672. The molecule has 0 aliphatic rings. The predicted octanol–water partition coefficient (Wildman–Crippen LogP) is 4.93. The van der Waals surface area contributed by atoms with Gasteiger partial charge in [-0.25, -0.2) is 9.37 Å². The fourth-order valence-corrected chi connectivity index (χ4v) is 2.51. The standard InChI is InChI=1S/C15H15BrClFN2O/c1-2-5-19-8-10-6-12(18)9-20-15(10)21-14-4-3-11(17)7-13(14)16/h3-4,6-7,9,19H,2,5,8H2,1H3. The van der Waals surface area contributed by atoms with Crippen LogP contribution in [0.1, 0.15) is 18.9 Å². The van der Waals surface area contributed by atoms with Gasteiger partial charge in [0.05, 0.1) is 10.7 Å². The topological polar surface area (TPSA) is 34.2 Å². The summed E-state index contributed by atoms with van der Waals surface area (Å²) in [7, 11) is 0. The molecule has 0 aliphatic carbocycles. The Kier molecular flexibility index (Phi) is 5.96. The van der Waals surface area contributed by atoms with Crippen molar-refractivity contribution in [2.45, 2.75) is 19.9 Å². The van der Waals surface area contributed by atoms with Crippen molar-refractivity contribution in [1.82, 2.24) is 10.3 Å². The van der Waals surface area contributed by atoms with E-state index in [1.54, 1.807) is 18.2 Å². The quantitative estimate of drug-likeness (QED) is 0.729. The third-order valence-electron chi connectivity index (χ3n) is 2.73. The number of pyridine rings is 1. The van der Waals surface area contributed by atoms with Crippen LogP contribution in [-0.4, -0.2) is 11.5 Å². The number of nitrogens with zero attached hydrogens (tertiary/aromatic N) is 1. The van der Waals surface area contributed by atoms with Crippen molar-refractivity contribution in [3.05, 3.63) is 51.3 Å². The Morgan fingerprint density at radius 1 is 1.38 bits per heavy atom. The molecule has 1 aromatic heterocycles. The van der Waals surface area contributed by atoms with Crippen LogP contribution in [0.2, 0.25) is 5.02 Å². The first-order chi connectivity index (χ1) is 10.1. The zero-order chi connectivity index (χ0) is 15.2. The van der Waals surface area contributed by atoms with Crippen LogP contribution in [0.3, 0.4) is 0 Å². The maximum Gasteiger partial charge on any atom is 0.223 e. The highest BCUT2D eigenvalue weighted by Crippen LogP contribution is 2.32. The van der Waals surface area contributed by atoms with Crippen molar-refractivity contribution in [3.8, 4) is 11.6 Å². The average Bonchev–Trinajstić information content (AvgIpc) is 2.44. The molecule has 3 nitrogen and oxygen atoms in total. The number of nitrogens with one attached hydrogen (secondary N) is 1. The molecule has 0 unspecified atom stereocenters. The second-order valence-electron chi connectivity index (χ2n) is 4.47. The molecule has 1 heterocycles. The van der Waals surface area contributed by atoms with Crippen molar-refractivity contribution in [2.75, 3.05) is 6.54 Å². The molecular weight excluding hydrogens is 359 g/mol. The molecule has 0 saturated carbocycles. The number of ether oxygens (including phenoxy) is 1. The molecule has 112 valence electrons. The van der Waals surface area contributed by atoms with Gasteiger partial charge in [-0.2, -0.15) is 0 Å². The first-order valence-corrected chi connectivity index (χ1v) is 7.75. The molecule has 0 bridgehead atoms. The lowest BCUT2D eigenvalue weighted by Crippen LogP contribution is -2.15. The highest BCUT2D eigenvalue weighted by molar-refractivity contribution is 9.10. The van der Waals surface area contributed by atoms with Crippen LogP contribution in [-0.2, 0) is 6.54 Å². The lowest BCUT2D eigenvalue weighted by atomic mass is 10.2. The van der Waals surface area contributed by atoms with E-state index in [1.165, 1.54) is 6.07 Å². The molecule has 0 fully saturated rings. The molecular formula is C15H15BrClFN2O. The number of halogens is 3. The molecule has 21 heavy (non-hydrogen) atoms. The minimum absolute atomic E-state index is 0.378. The summed E-state index contributed by atoms with van der Waals surface area (Å²) < 4.78 is 19.8. The van der Waals surface area contributed by atoms with E-state index in [1.807, 2.05) is 0 Å². The molecule has 1 aromatic carbocycles. The van der Waals surface area contributed by atoms with Gasteiger partial charge in [0.2, 0.25) is 5.88 Å². The second-order valence-corrected chi connectivity index (χ2v) is 5.76. The van der Waals surface area contributed by atoms with E-state index in [4.69, 9.17) is 16.3 Å². The zero-order valence-electron chi connectivity index (χ0n) is 11.5. The molecule has 0 atom stereocenters. The van der Waals surface area contributed by atoms with Crippen LogP contribution < -0.4 is 10.1 Å². The van der Waals surface area contributed by atoms with Crippen LogP contribution in [0.5, 0.6) is 11.6 Å². The third-order valence-corrected chi connectivity index (χ3v) is 3.59. The van der Waals surface area contributed by atoms with E-state index >= 15 is 0 Å². The third kappa shape index (κ3) is 4.66. The maximum atomic E-state index is 13.4. The number of hydrogen-bond acceptors (Lipinski definition) is 3. The number of benzene rings is 1. The summed E-state index contributed by atoms with van der Waals surface area (Å²) in [6, 6.07) is 6.62. The van der Waals surface area contributed by atoms with E-state index in [2.05, 4.69) is 33.2 Å². The molecule has 0 saturated heterocycles. The Balaban J connectivity index is 2.22. The van der Waals surface area contributed by atoms with Crippen LogP contribution in [0, 0.1) is 5.82 Å². The highest BCUT2D eigenvalue weighted by Gasteiger charge is 2.10. The normalized spacial score (nSPS) is 10.7. The molecule has 0 radical (unpaired) electrons. The van der Waals surface area contributed by atoms with Gasteiger partial charge in [-0.1, -0.05) is 18.5 Å². The van der Waals surface area contributed by atoms with Crippen LogP contribution in [0.25, 0.3) is 0 Å². The fraction of sp³-hybridized carbons (Fsp3) is 0.267. The van der Waals surface area contributed by atoms with Gasteiger partial charge in [-0.3, -0.25) is 0 Å². The largest absolute Gasteiger partial charge is 0.438 e. The number of hydrogen-bond donors (Lipinski definition) is 1. The van der Waals surface area contributed by atoms with E-state index in [0.29, 0.717) is 33.2 Å². The van der Waals surface area contributed by atoms with Crippen LogP contribution in [0.4, 0.5) is 4.39 Å². The monoisotopic (exact) mass is 372 g/mol. The molecule has 6 heteroatoms. The average molecular weight is 374 g/mol. The summed E-state index contributed by atoms with van der Waals surface area (Å²) in [6.45, 7) is 3.42. The number of rotatable bonds is 6. The van der Waals surface area contributed by atoms with Gasteiger partial charge in [0, 0.05) is 17.1 Å². The van der Waals surface area contributed by atoms with Gasteiger partial charge >= 0.3 is 0 Å². The van der Waals surface area contributed by atoms with Gasteiger partial charge in [-0.05, 0) is 53.2 Å². The minimum Gasteiger partial charge on any atom is -0.438 e. The smallest absolute Gasteiger partial charge is 0.223 e. The molecule has 0 spiro atoms. The van der Waals surface area contributed by atoms with Crippen molar-refractivity contribution in [1.29, 1.82) is 0 Å². The molecule has 2 rings (SSSR count). The van der Waals surface area contributed by atoms with Crippen molar-refractivity contribution in [3.63, 3.8) is 0 Å². The minimum atomic E-state index is -0.383. The van der Waals surface area contributed by atoms with Crippen molar-refractivity contribution >= 4 is 27.5 Å². The Morgan fingerprint density at radius 2 is 2.19 bits per heavy atom. The first kappa shape index (κ1) is 16.2. The fourth-order valence-electron chi connectivity index (χ4n) is 1.75. The predicted molar refractivity (Wildman–Crippen MR) is 85.4 cm³/mol. The highest BCUT2D eigenvalue weighted by atomic mass is 79.9. The Morgan fingerprint density at radius 3 is 2.90 bits per heavy atom. The van der Waals surface area contributed by atoms with Gasteiger partial charge in [0.1, 0.15) is 11.6 Å². The summed E-state index contributed by atoms with van der Waals surface area (Å²) in [5.74, 6) is 0.573. The molecule has 0 aliphatic heterocycles. The zero-order valence-corrected chi connectivity index (χ0v) is 13.8. The maximum absolute atomic E-state index is 13.4. The Bertz CT molecular complexity index is 625. The molecule has 2 aromatic rings. The van der Waals surface area contributed by atoms with E-state index in [9.17, 15) is 4.39 Å². The molecule has 1 N–H and O–H groups in total. The summed E-state index contributed by atoms with van der Waals surface area (Å²) in [4.78, 5) is 4.02. The second kappa shape index (κ2) is 7.73. The van der Waals surface area contributed by atoms with Crippen LogP contribution >= 0.6 is 27.5 Å². The Labute approximate surface area is 136 Å². The van der Waals surface area contributed by atoms with E-state index < -0.39 is 0 Å². The summed E-state index contributed by atoms with van der Waals surface area (Å²) in [6.07, 6.45) is 2.14. The van der Waals surface area contributed by atoms with Crippen LogP contribution in [0.15, 0.2) is 34.9 Å². The first-order valence-electron chi connectivity index (χ1n) is 6.58. The summed E-state index contributed by atoms with van der Waals surface area (Å²) in [5, 5.41) is 3.81. The number of aromatic nitrogens is 1. The summed E-state index contributed by atoms with van der Waals surface area (Å²) >= 11 is 9.28. The van der Waals surface area contributed by atoms with Crippen molar-refractivity contribution in [2.24, 2.45) is 0 Å². The van der Waals surface area contributed by atoms with Gasteiger partial charge in [0.25, 0.3) is 0 Å². The van der Waals surface area contributed by atoms with Crippen molar-refractivity contribution < 1.29 is 9.13 Å².